The van der Waals surface area contributed by atoms with Gasteiger partial charge in [-0.1, -0.05) is 19.1 Å². The normalized spacial score (nSPS) is 22.2. The van der Waals surface area contributed by atoms with Crippen molar-refractivity contribution in [2.75, 3.05) is 12.3 Å². The van der Waals surface area contributed by atoms with Crippen molar-refractivity contribution < 1.29 is 8.42 Å². The minimum atomic E-state index is -3.15. The minimum absolute atomic E-state index is 0.148. The molecule has 2 rings (SSSR count). The Balaban J connectivity index is 2.49. The lowest BCUT2D eigenvalue weighted by atomic mass is 10.0. The fraction of sp³-hybridized carbons (Fsp3) is 0.538. The number of benzene rings is 1. The van der Waals surface area contributed by atoms with Crippen molar-refractivity contribution in [2.24, 2.45) is 0 Å². The van der Waals surface area contributed by atoms with E-state index in [4.69, 9.17) is 0 Å². The van der Waals surface area contributed by atoms with Crippen LogP contribution in [-0.2, 0) is 9.84 Å². The highest BCUT2D eigenvalue weighted by atomic mass is 79.9. The number of halogens is 1. The summed E-state index contributed by atoms with van der Waals surface area (Å²) in [5.74, 6) is 0.243. The number of sulfone groups is 1. The molecule has 0 saturated carbocycles. The van der Waals surface area contributed by atoms with E-state index in [1.807, 2.05) is 12.1 Å². The van der Waals surface area contributed by atoms with E-state index in [2.05, 4.69) is 28.2 Å². The molecule has 1 aliphatic heterocycles. The fourth-order valence-corrected chi connectivity index (χ4v) is 5.20. The molecule has 0 saturated heterocycles. The molecule has 1 unspecified atom stereocenters. The summed E-state index contributed by atoms with van der Waals surface area (Å²) in [6, 6.07) is 5.79. The lowest BCUT2D eigenvalue weighted by Gasteiger charge is -2.19. The lowest BCUT2D eigenvalue weighted by Crippen LogP contribution is -2.22. The Kier molecular flexibility index (Phi) is 4.45. The van der Waals surface area contributed by atoms with E-state index in [0.29, 0.717) is 15.8 Å². The molecule has 0 aromatic heterocycles. The van der Waals surface area contributed by atoms with Crippen molar-refractivity contribution in [1.29, 1.82) is 0 Å². The van der Waals surface area contributed by atoms with Gasteiger partial charge in [0.1, 0.15) is 0 Å². The molecule has 0 amide bonds. The van der Waals surface area contributed by atoms with E-state index < -0.39 is 9.84 Å². The highest BCUT2D eigenvalue weighted by Crippen LogP contribution is 2.35. The summed E-state index contributed by atoms with van der Waals surface area (Å²) >= 11 is 3.38. The molecule has 1 aromatic rings. The predicted octanol–water partition coefficient (Wildman–Crippen LogP) is 3.06. The van der Waals surface area contributed by atoms with Crippen LogP contribution in [0.4, 0.5) is 0 Å². The van der Waals surface area contributed by atoms with Crippen molar-refractivity contribution in [3.05, 3.63) is 28.2 Å². The molecule has 3 nitrogen and oxygen atoms in total. The molecule has 1 aromatic carbocycles. The van der Waals surface area contributed by atoms with Gasteiger partial charge in [-0.25, -0.2) is 8.42 Å². The Bertz CT molecular complexity index is 528. The molecular formula is C13H18BrNO2S. The summed E-state index contributed by atoms with van der Waals surface area (Å²) in [6.45, 7) is 3.03. The summed E-state index contributed by atoms with van der Waals surface area (Å²) in [7, 11) is -3.15. The van der Waals surface area contributed by atoms with E-state index in [-0.39, 0.29) is 11.8 Å². The van der Waals surface area contributed by atoms with Crippen molar-refractivity contribution in [3.8, 4) is 0 Å². The maximum absolute atomic E-state index is 12.3. The molecule has 0 bridgehead atoms. The Morgan fingerprint density at radius 2 is 2.22 bits per heavy atom. The predicted molar refractivity (Wildman–Crippen MR) is 76.5 cm³/mol. The first-order valence-corrected chi connectivity index (χ1v) is 8.75. The van der Waals surface area contributed by atoms with Gasteiger partial charge >= 0.3 is 0 Å². The highest BCUT2D eigenvalue weighted by Gasteiger charge is 2.29. The maximum atomic E-state index is 12.3. The van der Waals surface area contributed by atoms with E-state index >= 15 is 0 Å². The zero-order chi connectivity index (χ0) is 13.2. The molecule has 0 fully saturated rings. The van der Waals surface area contributed by atoms with Crippen LogP contribution in [0.5, 0.6) is 0 Å². The van der Waals surface area contributed by atoms with Crippen molar-refractivity contribution in [1.82, 2.24) is 5.32 Å². The number of hydrogen-bond donors (Lipinski definition) is 1. The molecule has 0 aliphatic carbocycles. The second-order valence-electron chi connectivity index (χ2n) is 4.63. The van der Waals surface area contributed by atoms with Gasteiger partial charge in [-0.3, -0.25) is 0 Å². The average Bonchev–Trinajstić information content (AvgIpc) is 2.44. The summed E-state index contributed by atoms with van der Waals surface area (Å²) in [5.41, 5.74) is 0.912. The maximum Gasteiger partial charge on any atom is 0.179 e. The first-order chi connectivity index (χ1) is 8.56. The van der Waals surface area contributed by atoms with Gasteiger partial charge in [0.15, 0.2) is 9.84 Å². The topological polar surface area (TPSA) is 46.2 Å². The van der Waals surface area contributed by atoms with E-state index in [9.17, 15) is 8.42 Å². The summed E-state index contributed by atoms with van der Waals surface area (Å²) < 4.78 is 25.2. The van der Waals surface area contributed by atoms with Gasteiger partial charge in [-0.2, -0.15) is 0 Å². The van der Waals surface area contributed by atoms with Gasteiger partial charge in [0.25, 0.3) is 0 Å². The minimum Gasteiger partial charge on any atom is -0.310 e. The quantitative estimate of drug-likeness (QED) is 0.925. The first kappa shape index (κ1) is 14.0. The SMILES string of the molecule is CCCNC1CCCS(=O)(=O)c2c(Br)cccc21. The van der Waals surface area contributed by atoms with Crippen molar-refractivity contribution in [2.45, 2.75) is 37.1 Å². The monoisotopic (exact) mass is 331 g/mol. The summed E-state index contributed by atoms with van der Waals surface area (Å²) in [6.07, 6.45) is 2.64. The first-order valence-electron chi connectivity index (χ1n) is 6.31. The smallest absolute Gasteiger partial charge is 0.179 e. The third kappa shape index (κ3) is 2.78. The van der Waals surface area contributed by atoms with Crippen LogP contribution >= 0.6 is 15.9 Å². The van der Waals surface area contributed by atoms with Gasteiger partial charge in [-0.15, -0.1) is 0 Å². The Morgan fingerprint density at radius 1 is 1.44 bits per heavy atom. The summed E-state index contributed by atoms with van der Waals surface area (Å²) in [4.78, 5) is 0.483. The molecule has 100 valence electrons. The van der Waals surface area contributed by atoms with Gasteiger partial charge in [0.2, 0.25) is 0 Å². The van der Waals surface area contributed by atoms with Crippen LogP contribution in [0.2, 0.25) is 0 Å². The fourth-order valence-electron chi connectivity index (χ4n) is 2.39. The molecule has 5 heteroatoms. The molecule has 18 heavy (non-hydrogen) atoms. The van der Waals surface area contributed by atoms with E-state index in [1.165, 1.54) is 0 Å². The molecule has 1 heterocycles. The van der Waals surface area contributed by atoms with Crippen molar-refractivity contribution >= 4 is 25.8 Å². The molecule has 1 N–H and O–H groups in total. The highest BCUT2D eigenvalue weighted by molar-refractivity contribution is 9.10. The van der Waals surface area contributed by atoms with Crippen LogP contribution < -0.4 is 5.32 Å². The van der Waals surface area contributed by atoms with E-state index in [0.717, 1.165) is 24.9 Å². The van der Waals surface area contributed by atoms with Crippen LogP contribution in [0.3, 0.4) is 0 Å². The molecule has 1 atom stereocenters. The third-order valence-corrected chi connectivity index (χ3v) is 6.06. The molecular weight excluding hydrogens is 314 g/mol. The van der Waals surface area contributed by atoms with Crippen LogP contribution in [0.15, 0.2) is 27.6 Å². The largest absolute Gasteiger partial charge is 0.310 e. The van der Waals surface area contributed by atoms with Crippen LogP contribution in [0.1, 0.15) is 37.8 Å². The Labute approximate surface area is 117 Å². The lowest BCUT2D eigenvalue weighted by molar-refractivity contribution is 0.493. The number of fused-ring (bicyclic) bond motifs is 1. The zero-order valence-corrected chi connectivity index (χ0v) is 12.9. The second-order valence-corrected chi connectivity index (χ2v) is 7.53. The Hall–Kier alpha value is -0.390. The van der Waals surface area contributed by atoms with E-state index in [1.54, 1.807) is 6.07 Å². The van der Waals surface area contributed by atoms with Gasteiger partial charge in [0, 0.05) is 10.5 Å². The summed E-state index contributed by atoms with van der Waals surface area (Å²) in [5, 5.41) is 3.45. The molecule has 0 radical (unpaired) electrons. The van der Waals surface area contributed by atoms with Crippen molar-refractivity contribution in [3.63, 3.8) is 0 Å². The number of rotatable bonds is 3. The van der Waals surface area contributed by atoms with Crippen LogP contribution in [-0.4, -0.2) is 20.7 Å². The molecule has 1 aliphatic rings. The van der Waals surface area contributed by atoms with Gasteiger partial charge < -0.3 is 5.32 Å². The van der Waals surface area contributed by atoms with Crippen LogP contribution in [0.25, 0.3) is 0 Å². The third-order valence-electron chi connectivity index (χ3n) is 3.23. The average molecular weight is 332 g/mol. The Morgan fingerprint density at radius 3 is 2.94 bits per heavy atom. The van der Waals surface area contributed by atoms with Crippen LogP contribution in [0, 0.1) is 0 Å². The van der Waals surface area contributed by atoms with Gasteiger partial charge in [0.05, 0.1) is 10.6 Å². The number of nitrogens with one attached hydrogen (secondary N) is 1. The molecule has 0 spiro atoms. The zero-order valence-electron chi connectivity index (χ0n) is 10.4. The standard InChI is InChI=1S/C13H18BrNO2S/c1-2-8-15-12-7-4-9-18(16,17)13-10(12)5-3-6-11(13)14/h3,5-6,12,15H,2,4,7-9H2,1H3. The van der Waals surface area contributed by atoms with Gasteiger partial charge in [-0.05, 0) is 53.4 Å². The second kappa shape index (κ2) is 5.72. The number of hydrogen-bond acceptors (Lipinski definition) is 3.